The topological polar surface area (TPSA) is 75.6 Å². The van der Waals surface area contributed by atoms with Gasteiger partial charge in [-0.1, -0.05) is 27.7 Å². The Balaban J connectivity index is 2.50. The number of ether oxygens (including phenoxy) is 1. The standard InChI is InChI=1S/C12H21NO4/c1-11(2)8(12(11,3)4)9(14)13-6-7(17-5)10(15)16/h7-8H,6H2,1-5H3,(H,13,14)(H,15,16). The molecule has 0 bridgehead atoms. The van der Waals surface area contributed by atoms with Crippen LogP contribution in [-0.4, -0.2) is 36.7 Å². The van der Waals surface area contributed by atoms with Crippen molar-refractivity contribution in [3.8, 4) is 0 Å². The third kappa shape index (κ3) is 2.29. The first-order valence-electron chi connectivity index (χ1n) is 5.69. The molecular formula is C12H21NO4. The third-order valence-electron chi connectivity index (χ3n) is 4.30. The van der Waals surface area contributed by atoms with Gasteiger partial charge in [-0.05, 0) is 10.8 Å². The third-order valence-corrected chi connectivity index (χ3v) is 4.30. The predicted molar refractivity (Wildman–Crippen MR) is 62.5 cm³/mol. The Bertz CT molecular complexity index is 321. The number of amides is 1. The molecule has 98 valence electrons. The number of carbonyl (C=O) groups excluding carboxylic acids is 1. The Kier molecular flexibility index (Phi) is 3.52. The molecule has 0 aromatic carbocycles. The van der Waals surface area contributed by atoms with Crippen LogP contribution in [0.1, 0.15) is 27.7 Å². The van der Waals surface area contributed by atoms with Crippen LogP contribution >= 0.6 is 0 Å². The van der Waals surface area contributed by atoms with E-state index in [-0.39, 0.29) is 29.2 Å². The summed E-state index contributed by atoms with van der Waals surface area (Å²) in [5, 5.41) is 11.4. The van der Waals surface area contributed by atoms with Crippen molar-refractivity contribution in [1.29, 1.82) is 0 Å². The van der Waals surface area contributed by atoms with E-state index in [4.69, 9.17) is 9.84 Å². The minimum Gasteiger partial charge on any atom is -0.479 e. The summed E-state index contributed by atoms with van der Waals surface area (Å²) in [7, 11) is 1.32. The van der Waals surface area contributed by atoms with Crippen LogP contribution in [0.3, 0.4) is 0 Å². The van der Waals surface area contributed by atoms with Crippen LogP contribution in [0.2, 0.25) is 0 Å². The van der Waals surface area contributed by atoms with Gasteiger partial charge in [0.25, 0.3) is 0 Å². The van der Waals surface area contributed by atoms with E-state index in [1.807, 2.05) is 27.7 Å². The maximum Gasteiger partial charge on any atom is 0.334 e. The number of rotatable bonds is 5. The Hall–Kier alpha value is -1.10. The minimum absolute atomic E-state index is 0.00727. The largest absolute Gasteiger partial charge is 0.479 e. The van der Waals surface area contributed by atoms with Gasteiger partial charge >= 0.3 is 5.97 Å². The molecule has 0 spiro atoms. The molecule has 5 nitrogen and oxygen atoms in total. The zero-order valence-corrected chi connectivity index (χ0v) is 11.0. The second-order valence-corrected chi connectivity index (χ2v) is 5.68. The first-order valence-corrected chi connectivity index (χ1v) is 5.69. The molecule has 2 N–H and O–H groups in total. The lowest BCUT2D eigenvalue weighted by atomic mass is 10.0. The van der Waals surface area contributed by atoms with Gasteiger partial charge in [0.1, 0.15) is 0 Å². The number of carbonyl (C=O) groups is 2. The van der Waals surface area contributed by atoms with Gasteiger partial charge in [-0.2, -0.15) is 0 Å². The fraction of sp³-hybridized carbons (Fsp3) is 0.833. The number of carboxylic acids is 1. The molecule has 5 heteroatoms. The van der Waals surface area contributed by atoms with Crippen molar-refractivity contribution in [2.45, 2.75) is 33.8 Å². The monoisotopic (exact) mass is 243 g/mol. The molecule has 1 amide bonds. The molecule has 0 heterocycles. The summed E-state index contributed by atoms with van der Waals surface area (Å²) in [6.45, 7) is 8.18. The molecule has 0 saturated heterocycles. The molecule has 0 radical (unpaired) electrons. The van der Waals surface area contributed by atoms with E-state index < -0.39 is 12.1 Å². The first-order chi connectivity index (χ1) is 7.66. The van der Waals surface area contributed by atoms with E-state index in [0.29, 0.717) is 0 Å². The first kappa shape index (κ1) is 14.0. The van der Waals surface area contributed by atoms with Gasteiger partial charge < -0.3 is 15.2 Å². The highest BCUT2D eigenvalue weighted by Crippen LogP contribution is 2.68. The van der Waals surface area contributed by atoms with Crippen molar-refractivity contribution in [2.24, 2.45) is 16.7 Å². The van der Waals surface area contributed by atoms with Gasteiger partial charge in [-0.25, -0.2) is 4.79 Å². The molecule has 1 unspecified atom stereocenters. The summed E-state index contributed by atoms with van der Waals surface area (Å²) >= 11 is 0. The predicted octanol–water partition coefficient (Wildman–Crippen LogP) is 0.884. The minimum atomic E-state index is -1.07. The van der Waals surface area contributed by atoms with Gasteiger partial charge in [0.15, 0.2) is 6.10 Å². The quantitative estimate of drug-likeness (QED) is 0.751. The number of aliphatic carboxylic acids is 1. The van der Waals surface area contributed by atoms with Crippen molar-refractivity contribution in [2.75, 3.05) is 13.7 Å². The maximum atomic E-state index is 11.9. The molecule has 1 aliphatic carbocycles. The Morgan fingerprint density at radius 1 is 1.29 bits per heavy atom. The van der Waals surface area contributed by atoms with Crippen LogP contribution in [0.5, 0.6) is 0 Å². The number of methoxy groups -OCH3 is 1. The highest BCUT2D eigenvalue weighted by Gasteiger charge is 2.68. The normalized spacial score (nSPS) is 22.9. The summed E-state index contributed by atoms with van der Waals surface area (Å²) in [5.74, 6) is -1.23. The smallest absolute Gasteiger partial charge is 0.334 e. The molecule has 0 aromatic heterocycles. The molecule has 1 saturated carbocycles. The molecule has 17 heavy (non-hydrogen) atoms. The average Bonchev–Trinajstić information content (AvgIpc) is 2.57. The maximum absolute atomic E-state index is 11.9. The van der Waals surface area contributed by atoms with E-state index >= 15 is 0 Å². The summed E-state index contributed by atoms with van der Waals surface area (Å²) < 4.78 is 4.75. The van der Waals surface area contributed by atoms with Crippen LogP contribution in [0.25, 0.3) is 0 Å². The summed E-state index contributed by atoms with van der Waals surface area (Å²) in [4.78, 5) is 22.6. The van der Waals surface area contributed by atoms with Gasteiger partial charge in [-0.15, -0.1) is 0 Å². The fourth-order valence-corrected chi connectivity index (χ4v) is 2.42. The van der Waals surface area contributed by atoms with E-state index in [1.54, 1.807) is 0 Å². The lowest BCUT2D eigenvalue weighted by Crippen LogP contribution is -2.39. The number of carboxylic acid groups (broad SMARTS) is 1. The Morgan fingerprint density at radius 3 is 2.06 bits per heavy atom. The molecule has 0 aromatic rings. The Labute approximate surface area is 102 Å². The van der Waals surface area contributed by atoms with Crippen molar-refractivity contribution < 1.29 is 19.4 Å². The molecule has 1 aliphatic rings. The summed E-state index contributed by atoms with van der Waals surface area (Å²) in [5.41, 5.74) is -0.0776. The van der Waals surface area contributed by atoms with Crippen molar-refractivity contribution in [3.05, 3.63) is 0 Å². The SMILES string of the molecule is COC(CNC(=O)C1C(C)(C)C1(C)C)C(=O)O. The highest BCUT2D eigenvalue weighted by atomic mass is 16.5. The van der Waals surface area contributed by atoms with Crippen LogP contribution in [0.4, 0.5) is 0 Å². The van der Waals surface area contributed by atoms with E-state index in [0.717, 1.165) is 0 Å². The number of nitrogens with one attached hydrogen (secondary N) is 1. The molecular weight excluding hydrogens is 222 g/mol. The van der Waals surface area contributed by atoms with Gasteiger partial charge in [0, 0.05) is 13.0 Å². The molecule has 1 atom stereocenters. The zero-order valence-electron chi connectivity index (χ0n) is 11.0. The van der Waals surface area contributed by atoms with Crippen LogP contribution in [0.15, 0.2) is 0 Å². The second-order valence-electron chi connectivity index (χ2n) is 5.68. The summed E-state index contributed by atoms with van der Waals surface area (Å²) in [6, 6.07) is 0. The number of hydrogen-bond donors (Lipinski definition) is 2. The van der Waals surface area contributed by atoms with Crippen molar-refractivity contribution in [3.63, 3.8) is 0 Å². The van der Waals surface area contributed by atoms with Crippen LogP contribution in [0, 0.1) is 16.7 Å². The van der Waals surface area contributed by atoms with Crippen LogP contribution in [-0.2, 0) is 14.3 Å². The van der Waals surface area contributed by atoms with Gasteiger partial charge in [0.2, 0.25) is 5.91 Å². The molecule has 1 rings (SSSR count). The van der Waals surface area contributed by atoms with E-state index in [2.05, 4.69) is 5.32 Å². The Morgan fingerprint density at radius 2 is 1.76 bits per heavy atom. The molecule has 0 aliphatic heterocycles. The lowest BCUT2D eigenvalue weighted by molar-refractivity contribution is -0.148. The fourth-order valence-electron chi connectivity index (χ4n) is 2.42. The average molecular weight is 243 g/mol. The lowest BCUT2D eigenvalue weighted by Gasteiger charge is -2.12. The van der Waals surface area contributed by atoms with Gasteiger partial charge in [-0.3, -0.25) is 4.79 Å². The van der Waals surface area contributed by atoms with E-state index in [9.17, 15) is 9.59 Å². The zero-order chi connectivity index (χ0) is 13.4. The van der Waals surface area contributed by atoms with Gasteiger partial charge in [0.05, 0.1) is 6.54 Å². The molecule has 1 fully saturated rings. The summed E-state index contributed by atoms with van der Waals surface area (Å²) in [6.07, 6.45) is -0.982. The highest BCUT2D eigenvalue weighted by molar-refractivity contribution is 5.84. The van der Waals surface area contributed by atoms with Crippen molar-refractivity contribution in [1.82, 2.24) is 5.32 Å². The number of hydrogen-bond acceptors (Lipinski definition) is 3. The van der Waals surface area contributed by atoms with E-state index in [1.165, 1.54) is 7.11 Å². The second kappa shape index (κ2) is 4.29. The van der Waals surface area contributed by atoms with Crippen LogP contribution < -0.4 is 5.32 Å². The van der Waals surface area contributed by atoms with Crippen molar-refractivity contribution >= 4 is 11.9 Å².